The van der Waals surface area contributed by atoms with Crippen molar-refractivity contribution in [1.82, 2.24) is 10.6 Å². The van der Waals surface area contributed by atoms with Gasteiger partial charge in [0.05, 0.1) is 18.3 Å². The Morgan fingerprint density at radius 2 is 1.83 bits per heavy atom. The molecule has 0 aromatic carbocycles. The molecule has 5 fully saturated rings. The number of epoxide rings is 1. The molecule has 35 heavy (non-hydrogen) atoms. The summed E-state index contributed by atoms with van der Waals surface area (Å²) in [6.07, 6.45) is 10.8. The molecule has 11 atom stereocenters. The number of ketones is 1. The minimum atomic E-state index is -1.16. The van der Waals surface area contributed by atoms with Crippen LogP contribution in [0.3, 0.4) is 0 Å². The molecule has 3 aliphatic heterocycles. The lowest BCUT2D eigenvalue weighted by Gasteiger charge is -2.41. The average molecular weight is 483 g/mol. The maximum atomic E-state index is 12.8. The summed E-state index contributed by atoms with van der Waals surface area (Å²) in [4.78, 5) is 37.6. The van der Waals surface area contributed by atoms with E-state index < -0.39 is 23.8 Å². The van der Waals surface area contributed by atoms with Crippen LogP contribution in [-0.4, -0.2) is 58.7 Å². The molecule has 2 saturated heterocycles. The number of allylic oxidation sites excluding steroid dienone is 3. The van der Waals surface area contributed by atoms with Gasteiger partial charge in [0.15, 0.2) is 5.78 Å². The molecule has 0 aromatic rings. The summed E-state index contributed by atoms with van der Waals surface area (Å²) >= 11 is 0. The van der Waals surface area contributed by atoms with E-state index in [-0.39, 0.29) is 36.1 Å². The van der Waals surface area contributed by atoms with Crippen LogP contribution in [0.4, 0.5) is 0 Å². The zero-order valence-electron chi connectivity index (χ0n) is 19.9. The molecule has 3 saturated carbocycles. The second kappa shape index (κ2) is 8.59. The topological polar surface area (TPSA) is 128 Å². The molecular formula is C27H34N2O6. The highest BCUT2D eigenvalue weighted by Crippen LogP contribution is 2.65. The van der Waals surface area contributed by atoms with Crippen LogP contribution < -0.4 is 10.6 Å². The second-order valence-electron chi connectivity index (χ2n) is 11.4. The number of hydrogen-bond acceptors (Lipinski definition) is 6. The van der Waals surface area contributed by atoms with Crippen LogP contribution in [0, 0.1) is 41.4 Å². The average Bonchev–Trinajstić information content (AvgIpc) is 3.33. The van der Waals surface area contributed by atoms with E-state index in [9.17, 15) is 24.6 Å². The van der Waals surface area contributed by atoms with Crippen LogP contribution >= 0.6 is 0 Å². The fourth-order valence-electron chi connectivity index (χ4n) is 8.17. The Balaban J connectivity index is 1.30. The van der Waals surface area contributed by atoms with E-state index in [1.54, 1.807) is 6.08 Å². The minimum Gasteiger partial charge on any atom is -0.507 e. The molecule has 6 aliphatic rings. The largest absolute Gasteiger partial charge is 0.507 e. The van der Waals surface area contributed by atoms with Crippen LogP contribution in [0.15, 0.2) is 35.6 Å². The van der Waals surface area contributed by atoms with Gasteiger partial charge in [0.25, 0.3) is 5.91 Å². The summed E-state index contributed by atoms with van der Waals surface area (Å²) in [7, 11) is 0. The van der Waals surface area contributed by atoms with Crippen molar-refractivity contribution in [2.75, 3.05) is 6.54 Å². The van der Waals surface area contributed by atoms with E-state index in [1.165, 1.54) is 6.08 Å². The van der Waals surface area contributed by atoms with Gasteiger partial charge in [0.2, 0.25) is 5.91 Å². The molecule has 3 aliphatic carbocycles. The van der Waals surface area contributed by atoms with Gasteiger partial charge in [-0.25, -0.2) is 0 Å². The molecule has 4 N–H and O–H groups in total. The predicted octanol–water partition coefficient (Wildman–Crippen LogP) is 1.56. The third-order valence-corrected chi connectivity index (χ3v) is 9.73. The SMILES string of the molecule is CC1C2OC2C2CC3C4C/C=C\C(=O)NCCC(O)C5NC(=O)C(=C(O)/C=C\C4CCC3C12)C5=O. The quantitative estimate of drug-likeness (QED) is 0.306. The fourth-order valence-corrected chi connectivity index (χ4v) is 8.17. The molecule has 2 bridgehead atoms. The maximum absolute atomic E-state index is 12.8. The van der Waals surface area contributed by atoms with E-state index in [1.807, 2.05) is 12.2 Å². The summed E-state index contributed by atoms with van der Waals surface area (Å²) in [6, 6.07) is -1.12. The number of Topliss-reactive ketones (excluding diaryl/α,β-unsaturated/α-hetero) is 1. The van der Waals surface area contributed by atoms with Gasteiger partial charge >= 0.3 is 0 Å². The molecule has 0 aromatic heterocycles. The Kier molecular flexibility index (Phi) is 5.64. The number of amides is 2. The van der Waals surface area contributed by atoms with Crippen LogP contribution in [0.2, 0.25) is 0 Å². The first-order valence-electron chi connectivity index (χ1n) is 13.1. The van der Waals surface area contributed by atoms with E-state index >= 15 is 0 Å². The molecule has 11 unspecified atom stereocenters. The molecule has 188 valence electrons. The van der Waals surface area contributed by atoms with Crippen molar-refractivity contribution in [3.8, 4) is 0 Å². The normalized spacial score (nSPS) is 48.9. The highest BCUT2D eigenvalue weighted by Gasteiger charge is 2.66. The van der Waals surface area contributed by atoms with Crippen LogP contribution in [0.5, 0.6) is 0 Å². The minimum absolute atomic E-state index is 0.111. The van der Waals surface area contributed by atoms with Gasteiger partial charge in [-0.3, -0.25) is 14.4 Å². The Hall–Kier alpha value is -2.45. The molecule has 8 nitrogen and oxygen atoms in total. The lowest BCUT2D eigenvalue weighted by atomic mass is 9.64. The number of carbonyl (C=O) groups excluding carboxylic acids is 3. The second-order valence-corrected chi connectivity index (χ2v) is 11.4. The van der Waals surface area contributed by atoms with Crippen molar-refractivity contribution in [2.24, 2.45) is 41.4 Å². The van der Waals surface area contributed by atoms with E-state index in [0.717, 1.165) is 25.7 Å². The number of carbonyl (C=O) groups is 3. The Morgan fingerprint density at radius 1 is 1.00 bits per heavy atom. The number of nitrogens with one attached hydrogen (secondary N) is 2. The lowest BCUT2D eigenvalue weighted by molar-refractivity contribution is -0.118. The molecular weight excluding hydrogens is 448 g/mol. The van der Waals surface area contributed by atoms with E-state index in [2.05, 4.69) is 17.6 Å². The summed E-state index contributed by atoms with van der Waals surface area (Å²) in [5, 5.41) is 26.3. The van der Waals surface area contributed by atoms with Gasteiger partial charge in [0, 0.05) is 6.54 Å². The molecule has 2 amide bonds. The van der Waals surface area contributed by atoms with Crippen LogP contribution in [0.25, 0.3) is 0 Å². The zero-order chi connectivity index (χ0) is 24.4. The first-order valence-corrected chi connectivity index (χ1v) is 13.1. The number of fused-ring (bicyclic) bond motifs is 9. The van der Waals surface area contributed by atoms with Gasteiger partial charge in [-0.1, -0.05) is 19.1 Å². The number of hydrogen-bond donors (Lipinski definition) is 4. The number of aliphatic hydroxyl groups is 2. The smallest absolute Gasteiger partial charge is 0.259 e. The van der Waals surface area contributed by atoms with Crippen LogP contribution in [0.1, 0.15) is 39.0 Å². The number of rotatable bonds is 0. The molecule has 0 radical (unpaired) electrons. The first kappa shape index (κ1) is 23.0. The van der Waals surface area contributed by atoms with Gasteiger partial charge < -0.3 is 25.6 Å². The van der Waals surface area contributed by atoms with Crippen molar-refractivity contribution in [1.29, 1.82) is 0 Å². The van der Waals surface area contributed by atoms with Gasteiger partial charge in [-0.15, -0.1) is 0 Å². The van der Waals surface area contributed by atoms with Crippen molar-refractivity contribution < 1.29 is 29.3 Å². The number of aliphatic hydroxyl groups excluding tert-OH is 2. The zero-order valence-corrected chi connectivity index (χ0v) is 19.9. The predicted molar refractivity (Wildman–Crippen MR) is 126 cm³/mol. The molecule has 8 heteroatoms. The van der Waals surface area contributed by atoms with Crippen LogP contribution in [-0.2, 0) is 19.1 Å². The van der Waals surface area contributed by atoms with Gasteiger partial charge in [-0.05, 0) is 85.7 Å². The standard InChI is InChI=1S/C27H34N2O6/c1-12-21-15-7-5-13-6-8-18(30)22-24(33)23(29-27(22)34)19(31)9-10-28-20(32)4-2-3-14(13)16(15)11-17(21)26-25(12)35-26/h2,4,6,8,12-17,19,21,23,25-26,30-31H,3,5,7,9-11H2,1H3,(H,28,32)(H,29,34)/b4-2-,8-6-,22-18?. The third-order valence-electron chi connectivity index (χ3n) is 9.73. The van der Waals surface area contributed by atoms with Crippen molar-refractivity contribution in [3.05, 3.63) is 35.6 Å². The Bertz CT molecular complexity index is 1030. The monoisotopic (exact) mass is 482 g/mol. The van der Waals surface area contributed by atoms with Crippen molar-refractivity contribution in [3.63, 3.8) is 0 Å². The molecule has 6 rings (SSSR count). The van der Waals surface area contributed by atoms with Gasteiger partial charge in [-0.2, -0.15) is 0 Å². The van der Waals surface area contributed by atoms with Gasteiger partial charge in [0.1, 0.15) is 17.4 Å². The summed E-state index contributed by atoms with van der Waals surface area (Å²) in [6.45, 7) is 2.51. The number of ether oxygens (including phenoxy) is 1. The van der Waals surface area contributed by atoms with E-state index in [4.69, 9.17) is 4.74 Å². The van der Waals surface area contributed by atoms with E-state index in [0.29, 0.717) is 47.7 Å². The summed E-state index contributed by atoms with van der Waals surface area (Å²) in [5.41, 5.74) is -0.298. The fraction of sp³-hybridized carbons (Fsp3) is 0.667. The molecule has 3 heterocycles. The molecule has 0 spiro atoms. The van der Waals surface area contributed by atoms with Crippen molar-refractivity contribution >= 4 is 17.6 Å². The Morgan fingerprint density at radius 3 is 2.66 bits per heavy atom. The Labute approximate surface area is 204 Å². The third kappa shape index (κ3) is 3.76. The highest BCUT2D eigenvalue weighted by atomic mass is 16.6. The lowest BCUT2D eigenvalue weighted by Crippen LogP contribution is -2.42. The maximum Gasteiger partial charge on any atom is 0.259 e. The first-order chi connectivity index (χ1) is 16.8. The highest BCUT2D eigenvalue weighted by molar-refractivity contribution is 6.27. The summed E-state index contributed by atoms with van der Waals surface area (Å²) < 4.78 is 5.96. The van der Waals surface area contributed by atoms with Crippen molar-refractivity contribution in [2.45, 2.75) is 63.4 Å². The summed E-state index contributed by atoms with van der Waals surface area (Å²) in [5.74, 6) is 1.75.